The molecule has 0 aliphatic rings. The highest BCUT2D eigenvalue weighted by atomic mass is 19.3. The summed E-state index contributed by atoms with van der Waals surface area (Å²) in [6.45, 7) is 3.17. The Hall–Kier alpha value is -1.82. The molecule has 0 spiro atoms. The lowest BCUT2D eigenvalue weighted by molar-refractivity contribution is 0.138. The van der Waals surface area contributed by atoms with Gasteiger partial charge in [0.15, 0.2) is 0 Å². The average Bonchev–Trinajstić information content (AvgIpc) is 2.82. The molecule has 2 aromatic rings. The number of hydrogen-bond donors (Lipinski definition) is 1. The van der Waals surface area contributed by atoms with E-state index in [4.69, 9.17) is 0 Å². The van der Waals surface area contributed by atoms with Crippen molar-refractivity contribution in [2.45, 2.75) is 26.4 Å². The molecule has 0 bridgehead atoms. The van der Waals surface area contributed by atoms with Gasteiger partial charge in [0, 0.05) is 12.1 Å². The van der Waals surface area contributed by atoms with Gasteiger partial charge in [-0.1, -0.05) is 19.1 Å². The van der Waals surface area contributed by atoms with Gasteiger partial charge >= 0.3 is 0 Å². The Morgan fingerprint density at radius 1 is 1.25 bits per heavy atom. The lowest BCUT2D eigenvalue weighted by Crippen LogP contribution is -2.14. The average molecular weight is 283 g/mol. The number of hydrogen-bond acceptors (Lipinski definition) is 2. The molecule has 6 heteroatoms. The summed E-state index contributed by atoms with van der Waals surface area (Å²) in [4.78, 5) is 0. The summed E-state index contributed by atoms with van der Waals surface area (Å²) in [5, 5.41) is 7.02. The van der Waals surface area contributed by atoms with Crippen molar-refractivity contribution in [3.05, 3.63) is 53.1 Å². The van der Waals surface area contributed by atoms with Crippen molar-refractivity contribution in [2.24, 2.45) is 0 Å². The third kappa shape index (κ3) is 3.39. The maximum atomic E-state index is 13.2. The molecule has 1 heterocycles. The van der Waals surface area contributed by atoms with Crippen LogP contribution in [0.5, 0.6) is 0 Å². The molecule has 0 saturated heterocycles. The van der Waals surface area contributed by atoms with E-state index in [0.717, 1.165) is 5.56 Å². The van der Waals surface area contributed by atoms with Gasteiger partial charge in [0.05, 0.1) is 12.7 Å². The number of nitrogens with zero attached hydrogens (tertiary/aromatic N) is 2. The first-order chi connectivity index (χ1) is 9.61. The number of rotatable bonds is 6. The van der Waals surface area contributed by atoms with Gasteiger partial charge in [-0.2, -0.15) is 5.10 Å². The SMILES string of the molecule is CCNCc1cnn(Cc2ccc(F)cc2)c1C(F)F. The molecule has 0 aliphatic carbocycles. The molecule has 20 heavy (non-hydrogen) atoms. The van der Waals surface area contributed by atoms with Crippen LogP contribution in [0.1, 0.15) is 30.2 Å². The van der Waals surface area contributed by atoms with E-state index in [1.807, 2.05) is 6.92 Å². The van der Waals surface area contributed by atoms with Crippen LogP contribution in [-0.2, 0) is 13.1 Å². The molecule has 1 aromatic heterocycles. The highest BCUT2D eigenvalue weighted by Gasteiger charge is 2.19. The van der Waals surface area contributed by atoms with Crippen LogP contribution in [0.25, 0.3) is 0 Å². The lowest BCUT2D eigenvalue weighted by Gasteiger charge is -2.09. The quantitative estimate of drug-likeness (QED) is 0.882. The van der Waals surface area contributed by atoms with Gasteiger partial charge in [-0.3, -0.25) is 4.68 Å². The zero-order valence-corrected chi connectivity index (χ0v) is 11.1. The van der Waals surface area contributed by atoms with Gasteiger partial charge < -0.3 is 5.32 Å². The van der Waals surface area contributed by atoms with Crippen LogP contribution in [-0.4, -0.2) is 16.3 Å². The molecule has 0 saturated carbocycles. The summed E-state index contributed by atoms with van der Waals surface area (Å²) in [6.07, 6.45) is -1.14. The Morgan fingerprint density at radius 2 is 1.95 bits per heavy atom. The van der Waals surface area contributed by atoms with Crippen molar-refractivity contribution in [1.29, 1.82) is 0 Å². The number of nitrogens with one attached hydrogen (secondary N) is 1. The number of alkyl halides is 2. The highest BCUT2D eigenvalue weighted by molar-refractivity contribution is 5.22. The second-order valence-electron chi connectivity index (χ2n) is 4.42. The van der Waals surface area contributed by atoms with Gasteiger partial charge in [0.2, 0.25) is 0 Å². The zero-order valence-electron chi connectivity index (χ0n) is 11.1. The van der Waals surface area contributed by atoms with E-state index in [9.17, 15) is 13.2 Å². The molecule has 0 amide bonds. The third-order valence-corrected chi connectivity index (χ3v) is 2.98. The minimum atomic E-state index is -2.59. The minimum Gasteiger partial charge on any atom is -0.313 e. The summed E-state index contributed by atoms with van der Waals surface area (Å²) >= 11 is 0. The van der Waals surface area contributed by atoms with Gasteiger partial charge in [-0.25, -0.2) is 13.2 Å². The molecule has 1 N–H and O–H groups in total. The summed E-state index contributed by atoms with van der Waals surface area (Å²) < 4.78 is 40.4. The molecule has 2 rings (SSSR count). The van der Waals surface area contributed by atoms with E-state index >= 15 is 0 Å². The Kier molecular flexibility index (Phi) is 4.79. The van der Waals surface area contributed by atoms with Crippen LogP contribution in [0.15, 0.2) is 30.5 Å². The Labute approximate surface area is 115 Å². The van der Waals surface area contributed by atoms with E-state index in [1.54, 1.807) is 12.1 Å². The lowest BCUT2D eigenvalue weighted by atomic mass is 10.2. The largest absolute Gasteiger partial charge is 0.313 e. The second kappa shape index (κ2) is 6.56. The molecule has 0 aliphatic heterocycles. The topological polar surface area (TPSA) is 29.9 Å². The van der Waals surface area contributed by atoms with Crippen molar-refractivity contribution < 1.29 is 13.2 Å². The molecule has 0 radical (unpaired) electrons. The van der Waals surface area contributed by atoms with Crippen LogP contribution < -0.4 is 5.32 Å². The summed E-state index contributed by atoms with van der Waals surface area (Å²) in [5.41, 5.74) is 1.13. The number of halogens is 3. The third-order valence-electron chi connectivity index (χ3n) is 2.98. The fourth-order valence-electron chi connectivity index (χ4n) is 1.97. The molecule has 0 unspecified atom stereocenters. The van der Waals surface area contributed by atoms with Crippen molar-refractivity contribution in [3.63, 3.8) is 0 Å². The van der Waals surface area contributed by atoms with Crippen LogP contribution in [0.2, 0.25) is 0 Å². The van der Waals surface area contributed by atoms with Crippen molar-refractivity contribution in [1.82, 2.24) is 15.1 Å². The molecule has 108 valence electrons. The summed E-state index contributed by atoms with van der Waals surface area (Å²) in [7, 11) is 0. The van der Waals surface area contributed by atoms with Gasteiger partial charge in [0.25, 0.3) is 6.43 Å². The first-order valence-corrected chi connectivity index (χ1v) is 6.39. The predicted octanol–water partition coefficient (Wildman–Crippen LogP) is 3.12. The zero-order chi connectivity index (χ0) is 14.5. The highest BCUT2D eigenvalue weighted by Crippen LogP contribution is 2.23. The fraction of sp³-hybridized carbons (Fsp3) is 0.357. The van der Waals surface area contributed by atoms with Crippen LogP contribution in [0.3, 0.4) is 0 Å². The maximum Gasteiger partial charge on any atom is 0.280 e. The van der Waals surface area contributed by atoms with E-state index < -0.39 is 6.43 Å². The van der Waals surface area contributed by atoms with Crippen molar-refractivity contribution in [2.75, 3.05) is 6.54 Å². The first-order valence-electron chi connectivity index (χ1n) is 6.39. The van der Waals surface area contributed by atoms with Crippen LogP contribution >= 0.6 is 0 Å². The normalized spacial score (nSPS) is 11.2. The van der Waals surface area contributed by atoms with Gasteiger partial charge in [-0.05, 0) is 24.2 Å². The molecule has 3 nitrogen and oxygen atoms in total. The summed E-state index contributed by atoms with van der Waals surface area (Å²) in [5.74, 6) is -0.351. The smallest absolute Gasteiger partial charge is 0.280 e. The van der Waals surface area contributed by atoms with Crippen molar-refractivity contribution in [3.8, 4) is 0 Å². The first kappa shape index (κ1) is 14.6. The molecule has 0 fully saturated rings. The standard InChI is InChI=1S/C14H16F3N3/c1-2-18-7-11-8-19-20(13(11)14(16)17)9-10-3-5-12(15)6-4-10/h3-6,8,14,18H,2,7,9H2,1H3. The minimum absolute atomic E-state index is 0.0877. The molecule has 1 aromatic carbocycles. The predicted molar refractivity (Wildman–Crippen MR) is 70.1 cm³/mol. The Morgan fingerprint density at radius 3 is 2.55 bits per heavy atom. The van der Waals surface area contributed by atoms with E-state index in [1.165, 1.54) is 23.0 Å². The van der Waals surface area contributed by atoms with Crippen LogP contribution in [0, 0.1) is 5.82 Å². The Balaban J connectivity index is 2.22. The summed E-state index contributed by atoms with van der Waals surface area (Å²) in [6, 6.07) is 5.74. The Bertz CT molecular complexity index is 549. The molecular formula is C14H16F3N3. The molecule has 0 atom stereocenters. The molecular weight excluding hydrogens is 267 g/mol. The van der Waals surface area contributed by atoms with Crippen LogP contribution in [0.4, 0.5) is 13.2 Å². The van der Waals surface area contributed by atoms with Crippen molar-refractivity contribution >= 4 is 0 Å². The monoisotopic (exact) mass is 283 g/mol. The maximum absolute atomic E-state index is 13.2. The van der Waals surface area contributed by atoms with Gasteiger partial charge in [0.1, 0.15) is 11.5 Å². The second-order valence-corrected chi connectivity index (χ2v) is 4.42. The number of aromatic nitrogens is 2. The fourth-order valence-corrected chi connectivity index (χ4v) is 1.97. The van der Waals surface area contributed by atoms with E-state index in [2.05, 4.69) is 10.4 Å². The van der Waals surface area contributed by atoms with Gasteiger partial charge in [-0.15, -0.1) is 0 Å². The number of benzene rings is 1. The van der Waals surface area contributed by atoms with E-state index in [-0.39, 0.29) is 18.1 Å². The van der Waals surface area contributed by atoms with E-state index in [0.29, 0.717) is 18.7 Å².